The molecule has 0 spiro atoms. The molecule has 1 fully saturated rings. The first kappa shape index (κ1) is 20.5. The average Bonchev–Trinajstić information content (AvgIpc) is 2.80. The normalized spacial score (nSPS) is 28.3. The quantitative estimate of drug-likeness (QED) is 0.261. The van der Waals surface area contributed by atoms with Crippen LogP contribution in [-0.4, -0.2) is 19.9 Å². The van der Waals surface area contributed by atoms with Crippen molar-refractivity contribution in [1.29, 1.82) is 0 Å². The van der Waals surface area contributed by atoms with E-state index in [1.54, 1.807) is 0 Å². The third kappa shape index (κ3) is 8.18. The lowest BCUT2D eigenvalue weighted by Crippen LogP contribution is -2.29. The summed E-state index contributed by atoms with van der Waals surface area (Å²) in [6.45, 7) is 12.0. The Labute approximate surface area is 160 Å². The van der Waals surface area contributed by atoms with Crippen molar-refractivity contribution in [2.75, 3.05) is 13.1 Å². The van der Waals surface area contributed by atoms with Gasteiger partial charge in [0.15, 0.2) is 0 Å². The van der Waals surface area contributed by atoms with Crippen molar-refractivity contribution in [2.24, 2.45) is 11.8 Å². The van der Waals surface area contributed by atoms with E-state index in [0.717, 1.165) is 11.8 Å². The molecule has 4 atom stereocenters. The van der Waals surface area contributed by atoms with E-state index in [1.807, 2.05) is 0 Å². The Morgan fingerprint density at radius 2 is 1.24 bits per heavy atom. The smallest absolute Gasteiger partial charge is 0.0197 e. The van der Waals surface area contributed by atoms with Gasteiger partial charge in [-0.2, -0.15) is 0 Å². The zero-order valence-electron chi connectivity index (χ0n) is 14.5. The molecule has 0 aromatic heterocycles. The summed E-state index contributed by atoms with van der Waals surface area (Å²) in [4.78, 5) is 0. The molecule has 1 aliphatic rings. The molecule has 1 aliphatic heterocycles. The fraction of sp³-hybridized carbons (Fsp3) is 1.00. The molecule has 1 rings (SSSR count). The molecule has 1 saturated heterocycles. The molecule has 0 saturated carbocycles. The summed E-state index contributed by atoms with van der Waals surface area (Å²) in [7, 11) is 0. The summed E-state index contributed by atoms with van der Waals surface area (Å²) in [5.74, 6) is 1.78. The van der Waals surface area contributed by atoms with Gasteiger partial charge in [-0.15, -0.1) is 0 Å². The predicted octanol–water partition coefficient (Wildman–Crippen LogP) is 6.37. The number of halogens is 2. The lowest BCUT2D eigenvalue weighted by molar-refractivity contribution is 0.310. The Hall–Kier alpha value is 1.42. The largest absolute Gasteiger partial charge is 0.316 e. The minimum absolute atomic E-state index is 0.494. The van der Waals surface area contributed by atoms with E-state index in [4.69, 9.17) is 0 Å². The molecule has 21 heavy (non-hydrogen) atoms. The fourth-order valence-corrected chi connectivity index (χ4v) is 5.55. The second kappa shape index (κ2) is 9.65. The van der Waals surface area contributed by atoms with Crippen LogP contribution in [0.4, 0.5) is 0 Å². The van der Waals surface area contributed by atoms with Crippen LogP contribution >= 0.6 is 45.2 Å². The van der Waals surface area contributed by atoms with Gasteiger partial charge in [0.05, 0.1) is 0 Å². The highest BCUT2D eigenvalue weighted by Crippen LogP contribution is 2.41. The maximum Gasteiger partial charge on any atom is 0.0197 e. The van der Waals surface area contributed by atoms with Gasteiger partial charge in [-0.1, -0.05) is 98.6 Å². The van der Waals surface area contributed by atoms with Crippen LogP contribution in [0.2, 0.25) is 0 Å². The van der Waals surface area contributed by atoms with Crippen molar-refractivity contribution in [3.8, 4) is 0 Å². The number of hydrogen-bond acceptors (Lipinski definition) is 1. The fourth-order valence-electron chi connectivity index (χ4n) is 3.65. The van der Waals surface area contributed by atoms with Gasteiger partial charge in [0.1, 0.15) is 0 Å². The van der Waals surface area contributed by atoms with Gasteiger partial charge in [-0.05, 0) is 50.6 Å². The van der Waals surface area contributed by atoms with Crippen LogP contribution in [0.15, 0.2) is 0 Å². The van der Waals surface area contributed by atoms with Crippen LogP contribution in [0, 0.1) is 11.8 Å². The van der Waals surface area contributed by atoms with Gasteiger partial charge >= 0.3 is 0 Å². The molecule has 0 aromatic rings. The van der Waals surface area contributed by atoms with E-state index in [2.05, 4.69) is 78.2 Å². The van der Waals surface area contributed by atoms with Crippen molar-refractivity contribution in [3.63, 3.8) is 0 Å². The van der Waals surface area contributed by atoms with Gasteiger partial charge in [0.25, 0.3) is 0 Å². The molecule has 1 heterocycles. The molecule has 0 radical (unpaired) electrons. The number of unbranched alkanes of at least 4 members (excludes halogenated alkanes) is 2. The highest BCUT2D eigenvalue weighted by Gasteiger charge is 2.36. The van der Waals surface area contributed by atoms with E-state index < -0.39 is 0 Å². The Morgan fingerprint density at radius 1 is 0.857 bits per heavy atom. The summed E-state index contributed by atoms with van der Waals surface area (Å²) >= 11 is 5.46. The monoisotopic (exact) mass is 519 g/mol. The van der Waals surface area contributed by atoms with Gasteiger partial charge < -0.3 is 5.32 Å². The highest BCUT2D eigenvalue weighted by molar-refractivity contribution is 14.1. The third-order valence-electron chi connectivity index (χ3n) is 4.96. The third-order valence-corrected chi connectivity index (χ3v) is 6.92. The Bertz CT molecular complexity index is 261. The first-order valence-corrected chi connectivity index (χ1v) is 11.0. The second-order valence-corrected chi connectivity index (χ2v) is 12.8. The van der Waals surface area contributed by atoms with Crippen molar-refractivity contribution >= 4 is 45.2 Å². The first-order chi connectivity index (χ1) is 9.79. The molecule has 4 unspecified atom stereocenters. The number of rotatable bonds is 10. The molecule has 3 heteroatoms. The maximum absolute atomic E-state index is 3.67. The zero-order valence-corrected chi connectivity index (χ0v) is 18.8. The minimum Gasteiger partial charge on any atom is -0.316 e. The zero-order chi connectivity index (χ0) is 15.9. The molecule has 126 valence electrons. The van der Waals surface area contributed by atoms with Crippen molar-refractivity contribution in [1.82, 2.24) is 5.32 Å². The molecule has 0 bridgehead atoms. The topological polar surface area (TPSA) is 12.0 Å². The predicted molar refractivity (Wildman–Crippen MR) is 113 cm³/mol. The standard InChI is InChI=1S/C18H35I2N/c1-5-7-9-17(3,19)11-15-13-21-14-16(15)12-18(4,20)10-8-6-2/h15-16,21H,5-14H2,1-4H3. The molecular formula is C18H35I2N. The van der Waals surface area contributed by atoms with E-state index in [9.17, 15) is 0 Å². The van der Waals surface area contributed by atoms with Crippen molar-refractivity contribution in [2.45, 2.75) is 85.9 Å². The number of nitrogens with one attached hydrogen (secondary N) is 1. The lowest BCUT2D eigenvalue weighted by Gasteiger charge is -2.32. The van der Waals surface area contributed by atoms with Crippen LogP contribution in [0.1, 0.15) is 79.1 Å². The number of alkyl halides is 2. The molecule has 1 nitrogen and oxygen atoms in total. The van der Waals surface area contributed by atoms with Crippen molar-refractivity contribution in [3.05, 3.63) is 0 Å². The summed E-state index contributed by atoms with van der Waals surface area (Å²) in [5, 5.41) is 3.67. The van der Waals surface area contributed by atoms with Crippen LogP contribution in [-0.2, 0) is 0 Å². The molecular weight excluding hydrogens is 484 g/mol. The Balaban J connectivity index is 2.51. The summed E-state index contributed by atoms with van der Waals surface area (Å²) in [6, 6.07) is 0. The highest BCUT2D eigenvalue weighted by atomic mass is 127. The maximum atomic E-state index is 3.67. The van der Waals surface area contributed by atoms with Gasteiger partial charge in [-0.3, -0.25) is 0 Å². The number of hydrogen-bond donors (Lipinski definition) is 1. The molecule has 1 N–H and O–H groups in total. The Kier molecular flexibility index (Phi) is 9.41. The summed E-state index contributed by atoms with van der Waals surface area (Å²) in [5.41, 5.74) is 0. The first-order valence-electron chi connectivity index (χ1n) is 8.88. The van der Waals surface area contributed by atoms with Gasteiger partial charge in [0.2, 0.25) is 0 Å². The summed E-state index contributed by atoms with van der Waals surface area (Å²) < 4.78 is 0.988. The molecule has 0 amide bonds. The van der Waals surface area contributed by atoms with Crippen LogP contribution in [0.5, 0.6) is 0 Å². The van der Waals surface area contributed by atoms with E-state index in [1.165, 1.54) is 64.5 Å². The second-order valence-electron chi connectivity index (χ2n) is 7.62. The lowest BCUT2D eigenvalue weighted by atomic mass is 9.80. The molecule has 0 aliphatic carbocycles. The van der Waals surface area contributed by atoms with Crippen molar-refractivity contribution < 1.29 is 0 Å². The van der Waals surface area contributed by atoms with Gasteiger partial charge in [-0.25, -0.2) is 0 Å². The minimum atomic E-state index is 0.494. The van der Waals surface area contributed by atoms with Gasteiger partial charge in [0, 0.05) is 6.84 Å². The van der Waals surface area contributed by atoms with E-state index in [-0.39, 0.29) is 0 Å². The Morgan fingerprint density at radius 3 is 1.57 bits per heavy atom. The SMILES string of the molecule is CCCCC(C)(I)CC1CNCC1CC(C)(I)CCCC. The summed E-state index contributed by atoms with van der Waals surface area (Å²) in [6.07, 6.45) is 11.0. The van der Waals surface area contributed by atoms with Crippen LogP contribution < -0.4 is 5.32 Å². The van der Waals surface area contributed by atoms with Crippen LogP contribution in [0.25, 0.3) is 0 Å². The average molecular weight is 519 g/mol. The van der Waals surface area contributed by atoms with Crippen LogP contribution in [0.3, 0.4) is 0 Å². The van der Waals surface area contributed by atoms with E-state index in [0.29, 0.717) is 6.84 Å². The van der Waals surface area contributed by atoms with E-state index >= 15 is 0 Å². The molecule has 0 aromatic carbocycles.